The number of carbonyl (C=O) groups is 1. The Kier molecular flexibility index (Phi) is 5.19. The lowest BCUT2D eigenvalue weighted by molar-refractivity contribution is -0.0326. The highest BCUT2D eigenvalue weighted by atomic mass is 16.5. The van der Waals surface area contributed by atoms with Gasteiger partial charge in [0.25, 0.3) is 5.91 Å². The predicted molar refractivity (Wildman–Crippen MR) is 106 cm³/mol. The Labute approximate surface area is 161 Å². The molecule has 1 aromatic rings. The van der Waals surface area contributed by atoms with E-state index in [2.05, 4.69) is 34.8 Å². The standard InChI is InChI=1S/C21H30N4O2/c1-17-4-14-27-21(16-17)5-8-24(9-6-21)19-15-18(3-7-22-19)20(26)25-12-10-23(2)11-13-25/h3,7,15-16H,4-6,8-14H2,1-2H3. The number of amides is 1. The molecule has 1 spiro atoms. The first-order valence-electron chi connectivity index (χ1n) is 10.1. The molecule has 2 fully saturated rings. The minimum atomic E-state index is -0.0912. The smallest absolute Gasteiger partial charge is 0.254 e. The summed E-state index contributed by atoms with van der Waals surface area (Å²) in [6.45, 7) is 8.30. The molecule has 6 heteroatoms. The summed E-state index contributed by atoms with van der Waals surface area (Å²) in [5, 5.41) is 0. The number of nitrogens with zero attached hydrogens (tertiary/aromatic N) is 4. The van der Waals surface area contributed by atoms with Gasteiger partial charge in [0.15, 0.2) is 0 Å². The number of hydrogen-bond acceptors (Lipinski definition) is 5. The molecule has 0 aliphatic carbocycles. The number of ether oxygens (including phenoxy) is 1. The van der Waals surface area contributed by atoms with Gasteiger partial charge in [0.05, 0.1) is 12.2 Å². The molecule has 3 aliphatic rings. The van der Waals surface area contributed by atoms with Gasteiger partial charge < -0.3 is 19.4 Å². The topological polar surface area (TPSA) is 48.9 Å². The molecular formula is C21H30N4O2. The lowest BCUT2D eigenvalue weighted by atomic mass is 9.87. The minimum absolute atomic E-state index is 0.0912. The van der Waals surface area contributed by atoms with Crippen LogP contribution in [0.3, 0.4) is 0 Å². The highest BCUT2D eigenvalue weighted by Gasteiger charge is 2.36. The third-order valence-electron chi connectivity index (χ3n) is 6.11. The van der Waals surface area contributed by atoms with Crippen LogP contribution in [0, 0.1) is 0 Å². The molecular weight excluding hydrogens is 340 g/mol. The zero-order valence-corrected chi connectivity index (χ0v) is 16.5. The van der Waals surface area contributed by atoms with E-state index in [-0.39, 0.29) is 11.5 Å². The van der Waals surface area contributed by atoms with E-state index in [4.69, 9.17) is 4.74 Å². The Bertz CT molecular complexity index is 717. The monoisotopic (exact) mass is 370 g/mol. The fraction of sp³-hybridized carbons (Fsp3) is 0.619. The number of anilines is 1. The summed E-state index contributed by atoms with van der Waals surface area (Å²) in [4.78, 5) is 23.9. The van der Waals surface area contributed by atoms with Crippen LogP contribution in [0.1, 0.15) is 36.5 Å². The Hall–Kier alpha value is -1.92. The maximum Gasteiger partial charge on any atom is 0.254 e. The van der Waals surface area contributed by atoms with Crippen LogP contribution >= 0.6 is 0 Å². The Morgan fingerprint density at radius 1 is 1.15 bits per heavy atom. The Balaban J connectivity index is 1.43. The van der Waals surface area contributed by atoms with E-state index < -0.39 is 0 Å². The van der Waals surface area contributed by atoms with Crippen molar-refractivity contribution in [3.63, 3.8) is 0 Å². The molecule has 1 aromatic heterocycles. The summed E-state index contributed by atoms with van der Waals surface area (Å²) < 4.78 is 6.12. The molecule has 0 saturated carbocycles. The predicted octanol–water partition coefficient (Wildman–Crippen LogP) is 2.17. The van der Waals surface area contributed by atoms with Crippen molar-refractivity contribution >= 4 is 11.7 Å². The third kappa shape index (κ3) is 4.01. The molecule has 4 rings (SSSR count). The SMILES string of the molecule is CC1=CC2(CCN(c3cc(C(=O)N4CCN(C)CC4)ccn3)CC2)OCC1. The first kappa shape index (κ1) is 18.4. The second-order valence-corrected chi connectivity index (χ2v) is 8.14. The van der Waals surface area contributed by atoms with Gasteiger partial charge in [-0.1, -0.05) is 11.6 Å². The average molecular weight is 370 g/mol. The molecule has 0 N–H and O–H groups in total. The van der Waals surface area contributed by atoms with Crippen molar-refractivity contribution in [1.29, 1.82) is 0 Å². The number of pyridine rings is 1. The van der Waals surface area contributed by atoms with E-state index >= 15 is 0 Å². The number of hydrogen-bond donors (Lipinski definition) is 0. The molecule has 0 radical (unpaired) electrons. The second-order valence-electron chi connectivity index (χ2n) is 8.14. The van der Waals surface area contributed by atoms with Crippen molar-refractivity contribution in [2.75, 3.05) is 57.8 Å². The average Bonchev–Trinajstić information content (AvgIpc) is 2.69. The van der Waals surface area contributed by atoms with E-state index in [1.165, 1.54) is 5.57 Å². The van der Waals surface area contributed by atoms with Gasteiger partial charge in [-0.15, -0.1) is 0 Å². The molecule has 27 heavy (non-hydrogen) atoms. The van der Waals surface area contributed by atoms with Crippen LogP contribution in [-0.2, 0) is 4.74 Å². The first-order chi connectivity index (χ1) is 13.0. The first-order valence-corrected chi connectivity index (χ1v) is 10.1. The molecule has 0 atom stereocenters. The van der Waals surface area contributed by atoms with Gasteiger partial charge in [-0.05, 0) is 45.4 Å². The summed E-state index contributed by atoms with van der Waals surface area (Å²) in [5.74, 6) is 1.02. The fourth-order valence-corrected chi connectivity index (χ4v) is 4.30. The lowest BCUT2D eigenvalue weighted by Crippen LogP contribution is -2.47. The van der Waals surface area contributed by atoms with Crippen LogP contribution in [0.15, 0.2) is 30.0 Å². The zero-order valence-electron chi connectivity index (χ0n) is 16.5. The lowest BCUT2D eigenvalue weighted by Gasteiger charge is -2.42. The van der Waals surface area contributed by atoms with E-state index in [0.717, 1.165) is 76.5 Å². The van der Waals surface area contributed by atoms with Gasteiger partial charge in [-0.25, -0.2) is 4.98 Å². The molecule has 4 heterocycles. The maximum absolute atomic E-state index is 12.9. The van der Waals surface area contributed by atoms with Crippen molar-refractivity contribution in [2.45, 2.75) is 31.8 Å². The van der Waals surface area contributed by atoms with Crippen molar-refractivity contribution in [2.24, 2.45) is 0 Å². The van der Waals surface area contributed by atoms with E-state index in [1.54, 1.807) is 6.20 Å². The number of carbonyl (C=O) groups excluding carboxylic acids is 1. The normalized spacial score (nSPS) is 23.4. The number of rotatable bonds is 2. The van der Waals surface area contributed by atoms with E-state index in [9.17, 15) is 4.79 Å². The number of likely N-dealkylation sites (N-methyl/N-ethyl adjacent to an activating group) is 1. The molecule has 3 aliphatic heterocycles. The van der Waals surface area contributed by atoms with Gasteiger partial charge in [0.2, 0.25) is 0 Å². The van der Waals surface area contributed by atoms with Gasteiger partial charge in [-0.2, -0.15) is 0 Å². The zero-order chi connectivity index (χ0) is 18.9. The number of piperazine rings is 1. The molecule has 1 amide bonds. The largest absolute Gasteiger partial charge is 0.370 e. The molecule has 0 unspecified atom stereocenters. The Morgan fingerprint density at radius 3 is 2.59 bits per heavy atom. The van der Waals surface area contributed by atoms with Crippen LogP contribution in [0.25, 0.3) is 0 Å². The summed E-state index contributed by atoms with van der Waals surface area (Å²) >= 11 is 0. The highest BCUT2D eigenvalue weighted by Crippen LogP contribution is 2.34. The quantitative estimate of drug-likeness (QED) is 0.747. The minimum Gasteiger partial charge on any atom is -0.370 e. The van der Waals surface area contributed by atoms with Crippen LogP contribution in [0.4, 0.5) is 5.82 Å². The van der Waals surface area contributed by atoms with Crippen LogP contribution in [0.2, 0.25) is 0 Å². The Morgan fingerprint density at radius 2 is 1.89 bits per heavy atom. The summed E-state index contributed by atoms with van der Waals surface area (Å²) in [7, 11) is 2.10. The van der Waals surface area contributed by atoms with Gasteiger partial charge in [0, 0.05) is 51.0 Å². The summed E-state index contributed by atoms with van der Waals surface area (Å²) in [5.41, 5.74) is 2.09. The summed E-state index contributed by atoms with van der Waals surface area (Å²) in [6, 6.07) is 3.80. The van der Waals surface area contributed by atoms with Crippen molar-refractivity contribution < 1.29 is 9.53 Å². The maximum atomic E-state index is 12.9. The third-order valence-corrected chi connectivity index (χ3v) is 6.11. The van der Waals surface area contributed by atoms with Gasteiger partial charge in [0.1, 0.15) is 5.82 Å². The van der Waals surface area contributed by atoms with Crippen molar-refractivity contribution in [3.05, 3.63) is 35.5 Å². The molecule has 146 valence electrons. The number of aromatic nitrogens is 1. The van der Waals surface area contributed by atoms with Crippen LogP contribution in [0.5, 0.6) is 0 Å². The molecule has 6 nitrogen and oxygen atoms in total. The van der Waals surface area contributed by atoms with Gasteiger partial charge >= 0.3 is 0 Å². The highest BCUT2D eigenvalue weighted by molar-refractivity contribution is 5.95. The van der Waals surface area contributed by atoms with Crippen LogP contribution in [-0.4, -0.2) is 79.2 Å². The molecule has 2 saturated heterocycles. The van der Waals surface area contributed by atoms with E-state index in [1.807, 2.05) is 17.0 Å². The molecule has 0 aromatic carbocycles. The van der Waals surface area contributed by atoms with Crippen LogP contribution < -0.4 is 4.90 Å². The molecule has 0 bridgehead atoms. The fourth-order valence-electron chi connectivity index (χ4n) is 4.30. The second kappa shape index (κ2) is 7.60. The van der Waals surface area contributed by atoms with E-state index in [0.29, 0.717) is 0 Å². The van der Waals surface area contributed by atoms with Crippen molar-refractivity contribution in [1.82, 2.24) is 14.8 Å². The van der Waals surface area contributed by atoms with Crippen molar-refractivity contribution in [3.8, 4) is 0 Å². The number of piperidine rings is 1. The summed E-state index contributed by atoms with van der Waals surface area (Å²) in [6.07, 6.45) is 7.09. The van der Waals surface area contributed by atoms with Gasteiger partial charge in [-0.3, -0.25) is 4.79 Å².